The summed E-state index contributed by atoms with van der Waals surface area (Å²) >= 11 is 0. The van der Waals surface area contributed by atoms with Crippen molar-refractivity contribution in [3.8, 4) is 0 Å². The van der Waals surface area contributed by atoms with Crippen LogP contribution in [0.3, 0.4) is 0 Å². The predicted molar refractivity (Wildman–Crippen MR) is 134 cm³/mol. The third kappa shape index (κ3) is 3.32. The smallest absolute Gasteiger partial charge is 0.212 e. The topological polar surface area (TPSA) is 94.3 Å². The van der Waals surface area contributed by atoms with E-state index in [2.05, 4.69) is 46.7 Å². The molecule has 0 fully saturated rings. The Morgan fingerprint density at radius 2 is 2.00 bits per heavy atom. The van der Waals surface area contributed by atoms with Crippen LogP contribution in [0.2, 0.25) is 0 Å². The van der Waals surface area contributed by atoms with Gasteiger partial charge >= 0.3 is 0 Å². The predicted octanol–water partition coefficient (Wildman–Crippen LogP) is 4.87. The SMILES string of the molecule is CCOC1=NC(C2C(O)=CC(O)=CC2O)NC(c2ccc3ccc4c5c3c2C=CC5CCC4)=C1. The van der Waals surface area contributed by atoms with Crippen LogP contribution >= 0.6 is 0 Å². The maximum absolute atomic E-state index is 10.6. The Morgan fingerprint density at radius 3 is 2.82 bits per heavy atom. The molecule has 4 aliphatic rings. The first kappa shape index (κ1) is 21.1. The minimum absolute atomic E-state index is 0.123. The fraction of sp³-hybridized carbons (Fsp3) is 0.321. The molecule has 2 aromatic rings. The van der Waals surface area contributed by atoms with Gasteiger partial charge in [-0.25, -0.2) is 4.99 Å². The first-order valence-electron chi connectivity index (χ1n) is 12.0. The minimum atomic E-state index is -1.09. The second-order valence-corrected chi connectivity index (χ2v) is 9.35. The van der Waals surface area contributed by atoms with Crippen molar-refractivity contribution >= 4 is 28.4 Å². The molecule has 4 unspecified atom stereocenters. The summed E-state index contributed by atoms with van der Waals surface area (Å²) in [6.07, 6.45) is 10.8. The molecule has 1 heterocycles. The quantitative estimate of drug-likeness (QED) is 0.529. The van der Waals surface area contributed by atoms with E-state index in [-0.39, 0.29) is 11.5 Å². The molecule has 0 saturated carbocycles. The van der Waals surface area contributed by atoms with Gasteiger partial charge in [0.15, 0.2) is 0 Å². The molecule has 6 heteroatoms. The van der Waals surface area contributed by atoms with E-state index < -0.39 is 18.2 Å². The number of allylic oxidation sites excluding steroid dienone is 2. The highest BCUT2D eigenvalue weighted by molar-refractivity contribution is 6.03. The highest BCUT2D eigenvalue weighted by Gasteiger charge is 2.36. The second kappa shape index (κ2) is 8.06. The first-order chi connectivity index (χ1) is 16.5. The lowest BCUT2D eigenvalue weighted by Gasteiger charge is -2.34. The van der Waals surface area contributed by atoms with E-state index >= 15 is 0 Å². The molecule has 1 aliphatic heterocycles. The van der Waals surface area contributed by atoms with Gasteiger partial charge in [-0.2, -0.15) is 0 Å². The number of hydrogen-bond acceptors (Lipinski definition) is 6. The molecule has 4 atom stereocenters. The van der Waals surface area contributed by atoms with E-state index in [1.807, 2.05) is 13.0 Å². The third-order valence-electron chi connectivity index (χ3n) is 7.29. The monoisotopic (exact) mass is 456 g/mol. The lowest BCUT2D eigenvalue weighted by Crippen LogP contribution is -2.44. The van der Waals surface area contributed by atoms with Crippen LogP contribution in [0.15, 0.2) is 65.1 Å². The van der Waals surface area contributed by atoms with Crippen molar-refractivity contribution in [3.05, 3.63) is 82.3 Å². The van der Waals surface area contributed by atoms with Crippen LogP contribution in [0, 0.1) is 5.92 Å². The van der Waals surface area contributed by atoms with Crippen molar-refractivity contribution in [2.75, 3.05) is 6.61 Å². The summed E-state index contributed by atoms with van der Waals surface area (Å²) in [6, 6.07) is 8.78. The van der Waals surface area contributed by atoms with Gasteiger partial charge in [-0.3, -0.25) is 0 Å². The molecular weight excluding hydrogens is 428 g/mol. The Balaban J connectivity index is 1.46. The summed E-state index contributed by atoms with van der Waals surface area (Å²) in [5.74, 6) is -0.122. The number of rotatable bonds is 3. The summed E-state index contributed by atoms with van der Waals surface area (Å²) in [4.78, 5) is 4.61. The molecular formula is C28H28N2O4. The average molecular weight is 457 g/mol. The van der Waals surface area contributed by atoms with Gasteiger partial charge in [-0.15, -0.1) is 0 Å². The summed E-state index contributed by atoms with van der Waals surface area (Å²) in [6.45, 7) is 2.35. The second-order valence-electron chi connectivity index (χ2n) is 9.35. The number of benzene rings is 2. The lowest BCUT2D eigenvalue weighted by molar-refractivity contribution is 0.111. The van der Waals surface area contributed by atoms with Gasteiger partial charge in [-0.1, -0.05) is 36.4 Å². The Labute approximate surface area is 198 Å². The van der Waals surface area contributed by atoms with Gasteiger partial charge in [0.25, 0.3) is 0 Å². The number of ether oxygens (including phenoxy) is 1. The number of hydrogen-bond donors (Lipinski definition) is 4. The standard InChI is InChI=1S/C28H28N2O4/c1-2-34-24-14-21(29-28(30-24)27-22(32)12-18(31)13-23(27)33)19-10-8-17-7-6-15-4-3-5-16-9-11-20(19)26(17)25(15)16/h6-14,16,22,27-29,31-33H,2-5H2,1H3. The van der Waals surface area contributed by atoms with Crippen molar-refractivity contribution in [1.29, 1.82) is 0 Å². The molecule has 34 heavy (non-hydrogen) atoms. The van der Waals surface area contributed by atoms with Crippen LogP contribution in [-0.2, 0) is 11.2 Å². The van der Waals surface area contributed by atoms with Crippen LogP contribution in [0.25, 0.3) is 22.5 Å². The highest BCUT2D eigenvalue weighted by atomic mass is 16.5. The van der Waals surface area contributed by atoms with E-state index in [1.165, 1.54) is 52.5 Å². The molecule has 0 aromatic heterocycles. The van der Waals surface area contributed by atoms with Crippen LogP contribution in [0.5, 0.6) is 0 Å². The third-order valence-corrected chi connectivity index (χ3v) is 7.29. The Kier molecular flexibility index (Phi) is 4.99. The Morgan fingerprint density at radius 1 is 1.15 bits per heavy atom. The molecule has 2 aromatic carbocycles. The molecule has 0 saturated heterocycles. The van der Waals surface area contributed by atoms with Crippen molar-refractivity contribution in [2.24, 2.45) is 10.9 Å². The normalized spacial score (nSPS) is 27.4. The van der Waals surface area contributed by atoms with Crippen LogP contribution < -0.4 is 5.32 Å². The molecule has 6 nitrogen and oxygen atoms in total. The lowest BCUT2D eigenvalue weighted by atomic mass is 9.75. The van der Waals surface area contributed by atoms with E-state index in [9.17, 15) is 15.3 Å². The largest absolute Gasteiger partial charge is 0.512 e. The molecule has 6 rings (SSSR count). The van der Waals surface area contributed by atoms with Crippen molar-refractivity contribution in [1.82, 2.24) is 5.32 Å². The van der Waals surface area contributed by atoms with Crippen molar-refractivity contribution < 1.29 is 20.1 Å². The maximum atomic E-state index is 10.6. The molecule has 0 radical (unpaired) electrons. The van der Waals surface area contributed by atoms with Gasteiger partial charge in [0.2, 0.25) is 5.90 Å². The van der Waals surface area contributed by atoms with Crippen LogP contribution in [-0.4, -0.2) is 40.1 Å². The first-order valence-corrected chi connectivity index (χ1v) is 12.0. The number of aliphatic imine (C=N–C) groups is 1. The number of nitrogens with one attached hydrogen (secondary N) is 1. The van der Waals surface area contributed by atoms with E-state index in [4.69, 9.17) is 4.74 Å². The number of aryl methyl sites for hydroxylation is 1. The van der Waals surface area contributed by atoms with Crippen LogP contribution in [0.4, 0.5) is 0 Å². The highest BCUT2D eigenvalue weighted by Crippen LogP contribution is 2.44. The molecule has 0 bridgehead atoms. The summed E-state index contributed by atoms with van der Waals surface area (Å²) in [7, 11) is 0. The van der Waals surface area contributed by atoms with Gasteiger partial charge in [0.05, 0.1) is 18.6 Å². The van der Waals surface area contributed by atoms with Crippen molar-refractivity contribution in [3.63, 3.8) is 0 Å². The zero-order chi connectivity index (χ0) is 23.4. The fourth-order valence-corrected chi connectivity index (χ4v) is 5.81. The van der Waals surface area contributed by atoms with E-state index in [1.54, 1.807) is 0 Å². The summed E-state index contributed by atoms with van der Waals surface area (Å²) in [5.41, 5.74) is 5.93. The van der Waals surface area contributed by atoms with Gasteiger partial charge in [0, 0.05) is 29.3 Å². The van der Waals surface area contributed by atoms with Gasteiger partial charge in [-0.05, 0) is 59.7 Å². The Hall–Kier alpha value is -3.51. The van der Waals surface area contributed by atoms with E-state index in [0.29, 0.717) is 18.4 Å². The Bertz CT molecular complexity index is 1330. The number of aliphatic hydroxyl groups is 3. The molecule has 3 aliphatic carbocycles. The average Bonchev–Trinajstić information content (AvgIpc) is 2.82. The maximum Gasteiger partial charge on any atom is 0.212 e. The van der Waals surface area contributed by atoms with E-state index in [0.717, 1.165) is 17.7 Å². The number of aliphatic hydroxyl groups excluding tert-OH is 3. The van der Waals surface area contributed by atoms with Gasteiger partial charge < -0.3 is 25.4 Å². The molecule has 0 spiro atoms. The zero-order valence-electron chi connectivity index (χ0n) is 19.0. The van der Waals surface area contributed by atoms with Gasteiger partial charge in [0.1, 0.15) is 17.7 Å². The zero-order valence-corrected chi connectivity index (χ0v) is 19.0. The number of nitrogens with zero attached hydrogens (tertiary/aromatic N) is 1. The van der Waals surface area contributed by atoms with Crippen LogP contribution in [0.1, 0.15) is 47.9 Å². The molecule has 0 amide bonds. The summed E-state index contributed by atoms with van der Waals surface area (Å²) in [5, 5.41) is 36.9. The van der Waals surface area contributed by atoms with Crippen molar-refractivity contribution in [2.45, 2.75) is 44.4 Å². The molecule has 4 N–H and O–H groups in total. The fourth-order valence-electron chi connectivity index (χ4n) is 5.81. The summed E-state index contributed by atoms with van der Waals surface area (Å²) < 4.78 is 5.78. The minimum Gasteiger partial charge on any atom is -0.512 e. The molecule has 174 valence electrons.